The molecule has 4 rings (SSSR count). The van der Waals surface area contributed by atoms with Crippen LogP contribution in [-0.4, -0.2) is 32.0 Å². The lowest BCUT2D eigenvalue weighted by molar-refractivity contribution is -0.272. The molecule has 170 valence electrons. The van der Waals surface area contributed by atoms with Gasteiger partial charge in [0.2, 0.25) is 0 Å². The minimum absolute atomic E-state index is 0.00456. The summed E-state index contributed by atoms with van der Waals surface area (Å²) >= 11 is 0. The van der Waals surface area contributed by atoms with E-state index < -0.39 is 41.7 Å². The van der Waals surface area contributed by atoms with E-state index in [0.29, 0.717) is 28.8 Å². The summed E-state index contributed by atoms with van der Waals surface area (Å²) in [5, 5.41) is 24.7. The van der Waals surface area contributed by atoms with Crippen LogP contribution in [0.5, 0.6) is 5.75 Å². The molecule has 1 aliphatic rings. The van der Waals surface area contributed by atoms with E-state index in [9.17, 15) is 27.8 Å². The number of nitrogens with zero attached hydrogens (tertiary/aromatic N) is 2. The molecule has 5 nitrogen and oxygen atoms in total. The molecule has 0 spiro atoms. The fourth-order valence-corrected chi connectivity index (χ4v) is 4.50. The molecule has 0 radical (unpaired) electrons. The molecule has 0 aliphatic heterocycles. The number of phenols is 1. The first-order valence-corrected chi connectivity index (χ1v) is 10.4. The van der Waals surface area contributed by atoms with Crippen molar-refractivity contribution in [2.45, 2.75) is 56.8 Å². The van der Waals surface area contributed by atoms with E-state index in [-0.39, 0.29) is 17.5 Å². The lowest BCUT2D eigenvalue weighted by atomic mass is 9.69. The number of aryl methyl sites for hydroxylation is 1. The molecule has 1 aromatic heterocycles. The summed E-state index contributed by atoms with van der Waals surface area (Å²) in [6, 6.07) is 5.37. The number of alkyl halides is 3. The van der Waals surface area contributed by atoms with Gasteiger partial charge in [0.05, 0.1) is 11.6 Å². The molecule has 3 N–H and O–H groups in total. The molecular weight excluding hydrogens is 426 g/mol. The third-order valence-electron chi connectivity index (χ3n) is 6.23. The summed E-state index contributed by atoms with van der Waals surface area (Å²) < 4.78 is 56.8. The number of aliphatic hydroxyl groups is 1. The molecule has 32 heavy (non-hydrogen) atoms. The van der Waals surface area contributed by atoms with Crippen molar-refractivity contribution >= 4 is 16.6 Å². The van der Waals surface area contributed by atoms with Gasteiger partial charge in [0, 0.05) is 29.3 Å². The van der Waals surface area contributed by atoms with E-state index in [2.05, 4.69) is 15.3 Å². The maximum atomic E-state index is 14.2. The number of hydrogen-bond acceptors (Lipinski definition) is 5. The molecule has 2 aromatic carbocycles. The fraction of sp³-hybridized carbons (Fsp3) is 0.391. The quantitative estimate of drug-likeness (QED) is 0.466. The second-order valence-corrected chi connectivity index (χ2v) is 8.09. The van der Waals surface area contributed by atoms with Crippen LogP contribution in [0.3, 0.4) is 0 Å². The first-order chi connectivity index (χ1) is 15.1. The normalized spacial score (nSPS) is 23.2. The summed E-state index contributed by atoms with van der Waals surface area (Å²) in [6.07, 6.45) is -3.37. The van der Waals surface area contributed by atoms with Crippen molar-refractivity contribution in [1.29, 1.82) is 0 Å². The van der Waals surface area contributed by atoms with Gasteiger partial charge in [0.25, 0.3) is 0 Å². The van der Waals surface area contributed by atoms with Crippen LogP contribution in [0.4, 0.5) is 23.2 Å². The minimum Gasteiger partial charge on any atom is -0.505 e. The highest BCUT2D eigenvalue weighted by atomic mass is 19.4. The Hall–Kier alpha value is -2.94. The second-order valence-electron chi connectivity index (χ2n) is 8.09. The number of phenolic OH excluding ortho intramolecular Hbond substituents is 1. The molecular formula is C23H23F4N3O2. The lowest BCUT2D eigenvalue weighted by Crippen LogP contribution is -2.55. The summed E-state index contributed by atoms with van der Waals surface area (Å²) in [6.45, 7) is 3.53. The molecule has 0 bridgehead atoms. The molecule has 1 unspecified atom stereocenters. The fourth-order valence-electron chi connectivity index (χ4n) is 4.50. The predicted molar refractivity (Wildman–Crippen MR) is 112 cm³/mol. The van der Waals surface area contributed by atoms with Crippen molar-refractivity contribution in [2.24, 2.45) is 0 Å². The van der Waals surface area contributed by atoms with Crippen LogP contribution in [0.2, 0.25) is 0 Å². The van der Waals surface area contributed by atoms with Crippen LogP contribution < -0.4 is 5.32 Å². The number of benzene rings is 2. The van der Waals surface area contributed by atoms with Gasteiger partial charge >= 0.3 is 6.18 Å². The number of fused-ring (bicyclic) bond motifs is 2. The monoisotopic (exact) mass is 449 g/mol. The number of halogens is 4. The average molecular weight is 449 g/mol. The van der Waals surface area contributed by atoms with Crippen molar-refractivity contribution in [3.8, 4) is 5.75 Å². The summed E-state index contributed by atoms with van der Waals surface area (Å²) in [5.41, 5.74) is -2.21. The standard InChI is InChI=1S/C23H23F4N3O2/c1-3-12-10-22(32,23(25,26)27)21(13-8-9-15(24)20(31)19(12)13)30-17-7-5-6-16-14(17)11-28-18(4-2)29-16/h5-9,11-12,21,30-32H,3-4,10H2,1-2H3/t12-,21?,22+/m0/s1. The van der Waals surface area contributed by atoms with E-state index in [1.54, 1.807) is 25.1 Å². The summed E-state index contributed by atoms with van der Waals surface area (Å²) in [5.74, 6) is -1.87. The summed E-state index contributed by atoms with van der Waals surface area (Å²) in [7, 11) is 0. The Labute approximate surface area is 182 Å². The molecule has 9 heteroatoms. The third kappa shape index (κ3) is 3.44. The van der Waals surface area contributed by atoms with Crippen LogP contribution >= 0.6 is 0 Å². The number of aromatic hydroxyl groups is 1. The van der Waals surface area contributed by atoms with Crippen LogP contribution in [-0.2, 0) is 6.42 Å². The molecule has 1 heterocycles. The van der Waals surface area contributed by atoms with E-state index in [0.717, 1.165) is 6.07 Å². The van der Waals surface area contributed by atoms with Gasteiger partial charge in [-0.1, -0.05) is 26.0 Å². The second kappa shape index (κ2) is 7.88. The number of rotatable bonds is 4. The van der Waals surface area contributed by atoms with Gasteiger partial charge in [-0.2, -0.15) is 13.2 Å². The molecule has 3 aromatic rings. The zero-order chi connectivity index (χ0) is 23.3. The van der Waals surface area contributed by atoms with Crippen molar-refractivity contribution in [1.82, 2.24) is 9.97 Å². The van der Waals surface area contributed by atoms with Crippen molar-refractivity contribution in [2.75, 3.05) is 5.32 Å². The van der Waals surface area contributed by atoms with Crippen LogP contribution in [0.1, 0.15) is 55.6 Å². The number of anilines is 1. The third-order valence-corrected chi connectivity index (χ3v) is 6.23. The highest BCUT2D eigenvalue weighted by Crippen LogP contribution is 2.55. The van der Waals surface area contributed by atoms with E-state index in [1.165, 1.54) is 12.3 Å². The van der Waals surface area contributed by atoms with Crippen molar-refractivity contribution in [3.05, 3.63) is 59.3 Å². The van der Waals surface area contributed by atoms with Gasteiger partial charge in [-0.3, -0.25) is 0 Å². The smallest absolute Gasteiger partial charge is 0.419 e. The van der Waals surface area contributed by atoms with E-state index >= 15 is 0 Å². The van der Waals surface area contributed by atoms with E-state index in [4.69, 9.17) is 0 Å². The highest BCUT2D eigenvalue weighted by Gasteiger charge is 2.62. The highest BCUT2D eigenvalue weighted by molar-refractivity contribution is 5.91. The SMILES string of the molecule is CCc1ncc2c(NC3c4ccc(F)c(O)c4[C@@H](CC)C[C@]3(O)C(F)(F)F)cccc2n1. The zero-order valence-corrected chi connectivity index (χ0v) is 17.5. The molecule has 0 fully saturated rings. The van der Waals surface area contributed by atoms with Gasteiger partial charge in [-0.25, -0.2) is 14.4 Å². The predicted octanol–water partition coefficient (Wildman–Crippen LogP) is 5.38. The van der Waals surface area contributed by atoms with Gasteiger partial charge in [-0.05, 0) is 42.5 Å². The topological polar surface area (TPSA) is 78.3 Å². The zero-order valence-electron chi connectivity index (χ0n) is 17.5. The Bertz CT molecular complexity index is 1170. The first kappa shape index (κ1) is 22.3. The summed E-state index contributed by atoms with van der Waals surface area (Å²) in [4.78, 5) is 8.64. The van der Waals surface area contributed by atoms with Gasteiger partial charge < -0.3 is 15.5 Å². The Morgan fingerprint density at radius 2 is 1.94 bits per heavy atom. The lowest BCUT2D eigenvalue weighted by Gasteiger charge is -2.45. The van der Waals surface area contributed by atoms with Gasteiger partial charge in [-0.15, -0.1) is 0 Å². The van der Waals surface area contributed by atoms with E-state index in [1.807, 2.05) is 6.92 Å². The van der Waals surface area contributed by atoms with Crippen molar-refractivity contribution in [3.63, 3.8) is 0 Å². The maximum Gasteiger partial charge on any atom is 0.419 e. The number of nitrogens with one attached hydrogen (secondary N) is 1. The Morgan fingerprint density at radius 1 is 1.19 bits per heavy atom. The Morgan fingerprint density at radius 3 is 2.59 bits per heavy atom. The minimum atomic E-state index is -4.98. The van der Waals surface area contributed by atoms with Gasteiger partial charge in [0.15, 0.2) is 17.2 Å². The molecule has 0 saturated carbocycles. The Kier molecular flexibility index (Phi) is 5.48. The molecule has 0 saturated heterocycles. The largest absolute Gasteiger partial charge is 0.505 e. The van der Waals surface area contributed by atoms with Crippen LogP contribution in [0, 0.1) is 5.82 Å². The average Bonchev–Trinajstić information content (AvgIpc) is 2.76. The maximum absolute atomic E-state index is 14.2. The molecule has 0 amide bonds. The molecule has 1 aliphatic carbocycles. The Balaban J connectivity index is 1.91. The number of aromatic nitrogens is 2. The van der Waals surface area contributed by atoms with Crippen molar-refractivity contribution < 1.29 is 27.8 Å². The molecule has 3 atom stereocenters. The number of hydrogen-bond donors (Lipinski definition) is 3. The van der Waals surface area contributed by atoms with Crippen LogP contribution in [0.15, 0.2) is 36.5 Å². The van der Waals surface area contributed by atoms with Crippen LogP contribution in [0.25, 0.3) is 10.9 Å². The first-order valence-electron chi connectivity index (χ1n) is 10.4. The van der Waals surface area contributed by atoms with Gasteiger partial charge in [0.1, 0.15) is 5.82 Å².